The van der Waals surface area contributed by atoms with Crippen LogP contribution in [-0.4, -0.2) is 43.5 Å². The van der Waals surface area contributed by atoms with Crippen molar-refractivity contribution in [1.29, 1.82) is 0 Å². The van der Waals surface area contributed by atoms with Gasteiger partial charge in [0.2, 0.25) is 5.91 Å². The van der Waals surface area contributed by atoms with E-state index in [0.29, 0.717) is 12.5 Å². The van der Waals surface area contributed by atoms with Gasteiger partial charge < -0.3 is 10.2 Å². The van der Waals surface area contributed by atoms with Crippen LogP contribution in [0, 0.1) is 11.7 Å². The summed E-state index contributed by atoms with van der Waals surface area (Å²) < 4.78 is 13.2. The van der Waals surface area contributed by atoms with Crippen LogP contribution in [0.25, 0.3) is 0 Å². The Morgan fingerprint density at radius 1 is 1.04 bits per heavy atom. The Morgan fingerprint density at radius 3 is 2.61 bits per heavy atom. The first kappa shape index (κ1) is 18.9. The van der Waals surface area contributed by atoms with Gasteiger partial charge in [-0.2, -0.15) is 0 Å². The molecule has 0 spiro atoms. The highest BCUT2D eigenvalue weighted by Crippen LogP contribution is 2.31. The van der Waals surface area contributed by atoms with E-state index in [1.807, 2.05) is 18.2 Å². The Morgan fingerprint density at radius 2 is 1.82 bits per heavy atom. The lowest BCUT2D eigenvalue weighted by Gasteiger charge is -2.24. The molecule has 0 bridgehead atoms. The van der Waals surface area contributed by atoms with Crippen LogP contribution in [0.1, 0.15) is 30.9 Å². The highest BCUT2D eigenvalue weighted by molar-refractivity contribution is 5.78. The fourth-order valence-electron chi connectivity index (χ4n) is 4.45. The summed E-state index contributed by atoms with van der Waals surface area (Å²) in [5, 5.41) is 3.14. The van der Waals surface area contributed by atoms with Gasteiger partial charge in [0.15, 0.2) is 0 Å². The summed E-state index contributed by atoms with van der Waals surface area (Å²) in [4.78, 5) is 17.1. The second-order valence-electron chi connectivity index (χ2n) is 7.92. The topological polar surface area (TPSA) is 35.6 Å². The molecule has 148 valence electrons. The van der Waals surface area contributed by atoms with E-state index in [0.717, 1.165) is 51.0 Å². The molecule has 0 aromatic heterocycles. The van der Waals surface area contributed by atoms with Gasteiger partial charge in [0, 0.05) is 31.4 Å². The molecule has 0 radical (unpaired) electrons. The summed E-state index contributed by atoms with van der Waals surface area (Å²) in [6.07, 6.45) is 3.20. The third kappa shape index (κ3) is 4.53. The molecule has 2 saturated heterocycles. The fraction of sp³-hybridized carbons (Fsp3) is 0.435. The van der Waals surface area contributed by atoms with E-state index in [-0.39, 0.29) is 17.8 Å². The van der Waals surface area contributed by atoms with Gasteiger partial charge in [-0.15, -0.1) is 0 Å². The minimum atomic E-state index is -0.216. The van der Waals surface area contributed by atoms with E-state index in [9.17, 15) is 9.18 Å². The highest BCUT2D eigenvalue weighted by atomic mass is 19.1. The summed E-state index contributed by atoms with van der Waals surface area (Å²) in [5.74, 6) is 0.370. The molecule has 2 aliphatic heterocycles. The van der Waals surface area contributed by atoms with Crippen LogP contribution in [0.2, 0.25) is 0 Å². The lowest BCUT2D eigenvalue weighted by atomic mass is 10.0. The molecule has 2 aliphatic rings. The number of para-hydroxylation sites is 1. The van der Waals surface area contributed by atoms with Crippen LogP contribution < -0.4 is 10.2 Å². The predicted octanol–water partition coefficient (Wildman–Crippen LogP) is 3.61. The van der Waals surface area contributed by atoms with Crippen molar-refractivity contribution >= 4 is 11.6 Å². The van der Waals surface area contributed by atoms with E-state index in [1.165, 1.54) is 17.8 Å². The van der Waals surface area contributed by atoms with E-state index in [2.05, 4.69) is 39.4 Å². The molecule has 4 nitrogen and oxygen atoms in total. The number of benzene rings is 2. The lowest BCUT2D eigenvalue weighted by molar-refractivity contribution is -0.122. The average molecular weight is 381 g/mol. The van der Waals surface area contributed by atoms with Crippen LogP contribution in [0.4, 0.5) is 10.1 Å². The summed E-state index contributed by atoms with van der Waals surface area (Å²) >= 11 is 0. The zero-order valence-electron chi connectivity index (χ0n) is 16.2. The zero-order chi connectivity index (χ0) is 19.3. The smallest absolute Gasteiger partial charge is 0.234 e. The molecule has 1 amide bonds. The molecule has 2 aromatic rings. The maximum Gasteiger partial charge on any atom is 0.234 e. The SMILES string of the molecule is O=C(CN1CCC[C@H]1c1ccc(F)cc1)NC[C@@H]1CCN(c2ccccc2)C1. The standard InChI is InChI=1S/C23H28FN3O/c24-20-10-8-19(9-11-20)22-7-4-13-27(22)17-23(28)25-15-18-12-14-26(16-18)21-5-2-1-3-6-21/h1-3,5-6,8-11,18,22H,4,7,12-17H2,(H,25,28)/t18-,22-/m0/s1. The van der Waals surface area contributed by atoms with Crippen molar-refractivity contribution in [2.75, 3.05) is 37.6 Å². The number of hydrogen-bond acceptors (Lipinski definition) is 3. The van der Waals surface area contributed by atoms with E-state index in [1.54, 1.807) is 0 Å². The van der Waals surface area contributed by atoms with Crippen LogP contribution >= 0.6 is 0 Å². The molecule has 1 N–H and O–H groups in total. The zero-order valence-corrected chi connectivity index (χ0v) is 16.2. The summed E-state index contributed by atoms with van der Waals surface area (Å²) in [6, 6.07) is 17.4. The quantitative estimate of drug-likeness (QED) is 0.830. The minimum Gasteiger partial charge on any atom is -0.371 e. The maximum absolute atomic E-state index is 13.2. The first-order valence-corrected chi connectivity index (χ1v) is 10.3. The molecule has 5 heteroatoms. The number of anilines is 1. The molecule has 2 fully saturated rings. The second-order valence-corrected chi connectivity index (χ2v) is 7.92. The number of likely N-dealkylation sites (tertiary alicyclic amines) is 1. The molecule has 2 aromatic carbocycles. The van der Waals surface area contributed by atoms with Crippen molar-refractivity contribution < 1.29 is 9.18 Å². The van der Waals surface area contributed by atoms with Gasteiger partial charge in [-0.05, 0) is 61.6 Å². The number of rotatable bonds is 6. The summed E-state index contributed by atoms with van der Waals surface area (Å²) in [7, 11) is 0. The number of hydrogen-bond donors (Lipinski definition) is 1. The number of nitrogens with one attached hydrogen (secondary N) is 1. The fourth-order valence-corrected chi connectivity index (χ4v) is 4.45. The number of amides is 1. The Labute approximate surface area is 166 Å². The Bertz CT molecular complexity index is 780. The Kier molecular flexibility index (Phi) is 5.91. The molecule has 0 aliphatic carbocycles. The van der Waals surface area contributed by atoms with Crippen LogP contribution in [0.5, 0.6) is 0 Å². The molecule has 0 unspecified atom stereocenters. The minimum absolute atomic E-state index is 0.0900. The van der Waals surface area contributed by atoms with Crippen LogP contribution in [-0.2, 0) is 4.79 Å². The van der Waals surface area contributed by atoms with E-state index in [4.69, 9.17) is 0 Å². The molecule has 4 rings (SSSR count). The first-order chi connectivity index (χ1) is 13.7. The van der Waals surface area contributed by atoms with E-state index < -0.39 is 0 Å². The predicted molar refractivity (Wildman–Crippen MR) is 110 cm³/mol. The molecule has 2 atom stereocenters. The Hall–Kier alpha value is -2.40. The van der Waals surface area contributed by atoms with Crippen molar-refractivity contribution in [1.82, 2.24) is 10.2 Å². The monoisotopic (exact) mass is 381 g/mol. The van der Waals surface area contributed by atoms with Crippen molar-refractivity contribution in [2.24, 2.45) is 5.92 Å². The largest absolute Gasteiger partial charge is 0.371 e. The van der Waals surface area contributed by atoms with Gasteiger partial charge in [-0.25, -0.2) is 4.39 Å². The van der Waals surface area contributed by atoms with Crippen LogP contribution in [0.15, 0.2) is 54.6 Å². The van der Waals surface area contributed by atoms with Gasteiger partial charge in [-0.3, -0.25) is 9.69 Å². The maximum atomic E-state index is 13.2. The van der Waals surface area contributed by atoms with Gasteiger partial charge in [-0.1, -0.05) is 30.3 Å². The normalized spacial score (nSPS) is 22.5. The number of carbonyl (C=O) groups is 1. The van der Waals surface area contributed by atoms with Gasteiger partial charge in [0.1, 0.15) is 5.82 Å². The molecular formula is C23H28FN3O. The second kappa shape index (κ2) is 8.74. The molecule has 0 saturated carbocycles. The third-order valence-electron chi connectivity index (χ3n) is 5.96. The number of carbonyl (C=O) groups excluding carboxylic acids is 1. The summed E-state index contributed by atoms with van der Waals surface area (Å²) in [5.41, 5.74) is 2.36. The molecular weight excluding hydrogens is 353 g/mol. The van der Waals surface area contributed by atoms with Crippen molar-refractivity contribution in [3.05, 3.63) is 66.0 Å². The van der Waals surface area contributed by atoms with E-state index >= 15 is 0 Å². The van der Waals surface area contributed by atoms with Crippen LogP contribution in [0.3, 0.4) is 0 Å². The van der Waals surface area contributed by atoms with Gasteiger partial charge in [0.05, 0.1) is 6.54 Å². The average Bonchev–Trinajstić information content (AvgIpc) is 3.37. The lowest BCUT2D eigenvalue weighted by Crippen LogP contribution is -2.39. The van der Waals surface area contributed by atoms with Gasteiger partial charge in [0.25, 0.3) is 0 Å². The number of nitrogens with zero attached hydrogens (tertiary/aromatic N) is 2. The Balaban J connectivity index is 1.25. The molecule has 28 heavy (non-hydrogen) atoms. The summed E-state index contributed by atoms with van der Waals surface area (Å²) in [6.45, 7) is 4.10. The van der Waals surface area contributed by atoms with Gasteiger partial charge >= 0.3 is 0 Å². The van der Waals surface area contributed by atoms with Crippen molar-refractivity contribution in [3.8, 4) is 0 Å². The van der Waals surface area contributed by atoms with Crippen molar-refractivity contribution in [3.63, 3.8) is 0 Å². The highest BCUT2D eigenvalue weighted by Gasteiger charge is 2.28. The third-order valence-corrected chi connectivity index (χ3v) is 5.96. The first-order valence-electron chi connectivity index (χ1n) is 10.3. The molecule has 2 heterocycles. The van der Waals surface area contributed by atoms with Crippen molar-refractivity contribution in [2.45, 2.75) is 25.3 Å². The number of halogens is 1.